The zero-order valence-electron chi connectivity index (χ0n) is 14.3. The lowest BCUT2D eigenvalue weighted by atomic mass is 10.0. The molecule has 0 spiro atoms. The molecule has 2 atom stereocenters. The monoisotopic (exact) mass is 383 g/mol. The topological polar surface area (TPSA) is 75.1 Å². The molecule has 1 fully saturated rings. The number of nitrogens with one attached hydrogen (secondary N) is 2. The summed E-state index contributed by atoms with van der Waals surface area (Å²) in [6, 6.07) is 5.66. The van der Waals surface area contributed by atoms with Gasteiger partial charge in [-0.15, -0.1) is 0 Å². The van der Waals surface area contributed by atoms with Crippen LogP contribution in [0.15, 0.2) is 36.8 Å². The number of carbonyl (C=O) groups is 1. The Kier molecular flexibility index (Phi) is 3.48. The Morgan fingerprint density at radius 3 is 3.04 bits per heavy atom. The fourth-order valence-corrected chi connectivity index (χ4v) is 3.66. The van der Waals surface area contributed by atoms with Gasteiger partial charge in [0.25, 0.3) is 0 Å². The summed E-state index contributed by atoms with van der Waals surface area (Å²) in [6.07, 6.45) is 4.62. The number of H-pyrrole nitrogens is 1. The molecule has 1 aliphatic rings. The number of fused-ring (bicyclic) bond motifs is 2. The van der Waals surface area contributed by atoms with Crippen LogP contribution in [0, 0.1) is 12.8 Å². The Hall–Kier alpha value is -2.93. The number of aryl methyl sites for hydroxylation is 1. The van der Waals surface area contributed by atoms with Crippen LogP contribution in [-0.4, -0.2) is 31.7 Å². The molecule has 5 rings (SSSR count). The number of nitrogens with zero attached hydrogens (tertiary/aromatic N) is 3. The number of amides is 1. The quantitative estimate of drug-likeness (QED) is 0.558. The lowest BCUT2D eigenvalue weighted by Crippen LogP contribution is -2.15. The third-order valence-corrected chi connectivity index (χ3v) is 5.29. The third kappa shape index (κ3) is 2.66. The minimum Gasteiger partial charge on any atom is -0.345 e. The van der Waals surface area contributed by atoms with Crippen molar-refractivity contribution in [2.45, 2.75) is 19.5 Å². The normalized spacial score (nSPS) is 18.9. The van der Waals surface area contributed by atoms with Crippen molar-refractivity contribution in [2.75, 3.05) is 5.32 Å². The Morgan fingerprint density at radius 1 is 1.44 bits per heavy atom. The lowest BCUT2D eigenvalue weighted by Gasteiger charge is -2.07. The van der Waals surface area contributed by atoms with Crippen LogP contribution in [0.4, 0.5) is 10.2 Å². The molecule has 1 saturated carbocycles. The van der Waals surface area contributed by atoms with E-state index in [1.54, 1.807) is 16.8 Å². The highest BCUT2D eigenvalue weighted by Gasteiger charge is 2.43. The highest BCUT2D eigenvalue weighted by molar-refractivity contribution is 6.35. The van der Waals surface area contributed by atoms with E-state index in [-0.39, 0.29) is 5.91 Å². The summed E-state index contributed by atoms with van der Waals surface area (Å²) >= 11 is 6.27. The molecule has 0 aliphatic heterocycles. The maximum Gasteiger partial charge on any atom is 0.231 e. The van der Waals surface area contributed by atoms with Crippen LogP contribution in [0.1, 0.15) is 12.0 Å². The van der Waals surface area contributed by atoms with Crippen molar-refractivity contribution < 1.29 is 9.18 Å². The van der Waals surface area contributed by atoms with E-state index < -0.39 is 12.1 Å². The van der Waals surface area contributed by atoms with Crippen LogP contribution in [0.25, 0.3) is 27.7 Å². The zero-order valence-corrected chi connectivity index (χ0v) is 15.1. The minimum atomic E-state index is -1.03. The van der Waals surface area contributed by atoms with Crippen molar-refractivity contribution in [1.29, 1.82) is 0 Å². The van der Waals surface area contributed by atoms with Gasteiger partial charge < -0.3 is 10.3 Å². The number of hydrogen-bond donors (Lipinski definition) is 2. The molecule has 1 amide bonds. The van der Waals surface area contributed by atoms with E-state index in [2.05, 4.69) is 20.4 Å². The molecule has 1 aliphatic carbocycles. The number of anilines is 1. The molecular weight excluding hydrogens is 369 g/mol. The maximum absolute atomic E-state index is 13.0. The number of halogens is 2. The number of carbonyl (C=O) groups excluding carboxylic acids is 1. The lowest BCUT2D eigenvalue weighted by molar-refractivity contribution is -0.117. The van der Waals surface area contributed by atoms with Crippen molar-refractivity contribution in [3.63, 3.8) is 0 Å². The van der Waals surface area contributed by atoms with Crippen LogP contribution in [0.2, 0.25) is 5.02 Å². The number of pyridine rings is 2. The van der Waals surface area contributed by atoms with E-state index in [9.17, 15) is 9.18 Å². The first-order valence-corrected chi connectivity index (χ1v) is 8.96. The standard InChI is InChI=1S/C19H15ClFN5O/c1-9-13(7-22-18-17(9)14(20)8-23-18)10-2-3-26-11(4-10)5-16(25-26)24-19(27)12-6-15(12)21/h2-5,7-8,12,15H,6H2,1H3,(H,22,23)(H,24,25,27)/t12-,15+/m1/s1. The summed E-state index contributed by atoms with van der Waals surface area (Å²) in [5.74, 6) is -0.453. The van der Waals surface area contributed by atoms with E-state index in [0.717, 1.165) is 33.2 Å². The zero-order chi connectivity index (χ0) is 18.7. The number of alkyl halides is 1. The van der Waals surface area contributed by atoms with Crippen molar-refractivity contribution in [3.05, 3.63) is 47.4 Å². The van der Waals surface area contributed by atoms with Crippen LogP contribution in [-0.2, 0) is 4.79 Å². The van der Waals surface area contributed by atoms with Crippen molar-refractivity contribution >= 4 is 39.9 Å². The van der Waals surface area contributed by atoms with Gasteiger partial charge in [0.1, 0.15) is 11.8 Å². The van der Waals surface area contributed by atoms with E-state index in [1.807, 2.05) is 31.5 Å². The molecule has 8 heteroatoms. The molecule has 6 nitrogen and oxygen atoms in total. The van der Waals surface area contributed by atoms with Gasteiger partial charge in [0.05, 0.1) is 16.5 Å². The Labute approximate surface area is 158 Å². The molecule has 0 unspecified atom stereocenters. The van der Waals surface area contributed by atoms with E-state index in [1.165, 1.54) is 0 Å². The second kappa shape index (κ2) is 5.79. The summed E-state index contributed by atoms with van der Waals surface area (Å²) < 4.78 is 14.7. The molecule has 0 radical (unpaired) electrons. The van der Waals surface area contributed by atoms with Gasteiger partial charge >= 0.3 is 0 Å². The van der Waals surface area contributed by atoms with Crippen molar-refractivity contribution in [2.24, 2.45) is 5.92 Å². The summed E-state index contributed by atoms with van der Waals surface area (Å²) in [5, 5.41) is 8.54. The molecule has 136 valence electrons. The summed E-state index contributed by atoms with van der Waals surface area (Å²) in [7, 11) is 0. The second-order valence-corrected chi connectivity index (χ2v) is 7.23. The molecule has 4 heterocycles. The van der Waals surface area contributed by atoms with Crippen LogP contribution in [0.3, 0.4) is 0 Å². The molecule has 0 bridgehead atoms. The predicted molar refractivity (Wildman–Crippen MR) is 102 cm³/mol. The molecular formula is C19H15ClFN5O. The number of aromatic nitrogens is 4. The van der Waals surface area contributed by atoms with Gasteiger partial charge in [-0.2, -0.15) is 5.10 Å². The molecule has 0 saturated heterocycles. The highest BCUT2D eigenvalue weighted by Crippen LogP contribution is 2.35. The van der Waals surface area contributed by atoms with Crippen molar-refractivity contribution in [3.8, 4) is 11.1 Å². The number of hydrogen-bond acceptors (Lipinski definition) is 3. The fraction of sp³-hybridized carbons (Fsp3) is 0.211. The highest BCUT2D eigenvalue weighted by atomic mass is 35.5. The van der Waals surface area contributed by atoms with Gasteiger partial charge in [0, 0.05) is 35.6 Å². The number of aromatic amines is 1. The first kappa shape index (κ1) is 16.3. The number of rotatable bonds is 3. The average Bonchev–Trinajstić information content (AvgIpc) is 3.07. The van der Waals surface area contributed by atoms with Gasteiger partial charge in [-0.1, -0.05) is 11.6 Å². The fourth-order valence-electron chi connectivity index (χ4n) is 3.38. The molecule has 4 aromatic rings. The van der Waals surface area contributed by atoms with Crippen LogP contribution < -0.4 is 5.32 Å². The van der Waals surface area contributed by atoms with Crippen LogP contribution >= 0.6 is 11.6 Å². The molecule has 4 aromatic heterocycles. The van der Waals surface area contributed by atoms with Gasteiger partial charge in [-0.05, 0) is 36.6 Å². The minimum absolute atomic E-state index is 0.291. The summed E-state index contributed by atoms with van der Waals surface area (Å²) in [5.41, 5.74) is 4.54. The second-order valence-electron chi connectivity index (χ2n) is 6.82. The largest absolute Gasteiger partial charge is 0.345 e. The van der Waals surface area contributed by atoms with Crippen molar-refractivity contribution in [1.82, 2.24) is 19.6 Å². The van der Waals surface area contributed by atoms with E-state index >= 15 is 0 Å². The SMILES string of the molecule is Cc1c(-c2ccn3nc(NC(=O)[C@@H]4C[C@@H]4F)cc3c2)cnc2[nH]cc(Cl)c12. The summed E-state index contributed by atoms with van der Waals surface area (Å²) in [4.78, 5) is 19.4. The average molecular weight is 384 g/mol. The Bertz CT molecular complexity index is 1210. The third-order valence-electron chi connectivity index (χ3n) is 4.99. The first-order valence-electron chi connectivity index (χ1n) is 8.58. The van der Waals surface area contributed by atoms with Crippen LogP contribution in [0.5, 0.6) is 0 Å². The molecule has 2 N–H and O–H groups in total. The summed E-state index contributed by atoms with van der Waals surface area (Å²) in [6.45, 7) is 2.01. The first-order chi connectivity index (χ1) is 13.0. The van der Waals surface area contributed by atoms with Gasteiger partial charge in [-0.25, -0.2) is 13.9 Å². The smallest absolute Gasteiger partial charge is 0.231 e. The van der Waals surface area contributed by atoms with Gasteiger partial charge in [0.2, 0.25) is 5.91 Å². The predicted octanol–water partition coefficient (Wildman–Crippen LogP) is 4.14. The maximum atomic E-state index is 13.0. The molecule has 0 aromatic carbocycles. The Balaban J connectivity index is 1.52. The van der Waals surface area contributed by atoms with E-state index in [0.29, 0.717) is 17.3 Å². The molecule has 27 heavy (non-hydrogen) atoms. The Morgan fingerprint density at radius 2 is 2.26 bits per heavy atom. The van der Waals surface area contributed by atoms with Gasteiger partial charge in [0.15, 0.2) is 5.82 Å². The van der Waals surface area contributed by atoms with Gasteiger partial charge in [-0.3, -0.25) is 4.79 Å². The van der Waals surface area contributed by atoms with E-state index in [4.69, 9.17) is 11.6 Å².